The molecule has 0 saturated heterocycles. The topological polar surface area (TPSA) is 46.5 Å². The number of ether oxygens (including phenoxy) is 1. The van der Waals surface area contributed by atoms with Crippen LogP contribution in [0.2, 0.25) is 0 Å². The minimum absolute atomic E-state index is 0.681. The average Bonchev–Trinajstić information content (AvgIpc) is 1.84. The summed E-state index contributed by atoms with van der Waals surface area (Å²) in [5.41, 5.74) is 0. The zero-order chi connectivity index (χ0) is 6.57. The van der Waals surface area contributed by atoms with E-state index in [9.17, 15) is 4.79 Å². The number of hydrogen-bond donors (Lipinski definition) is 1. The lowest BCUT2D eigenvalue weighted by Crippen LogP contribution is -2.18. The van der Waals surface area contributed by atoms with E-state index in [0.29, 0.717) is 0 Å². The van der Waals surface area contributed by atoms with Crippen LogP contribution >= 0.6 is 0 Å². The normalized spacial score (nSPS) is 12.2. The van der Waals surface area contributed by atoms with Crippen LogP contribution in [0.5, 0.6) is 0 Å². The Hall–Kier alpha value is -0.830. The zero-order valence-electron chi connectivity index (χ0n) is 4.63. The Labute approximate surface area is 47.6 Å². The monoisotopic (exact) mass is 116 g/mol. The second-order valence-electron chi connectivity index (χ2n) is 1.20. The van der Waals surface area contributed by atoms with E-state index in [0.717, 1.165) is 6.08 Å². The fraction of sp³-hybridized carbons (Fsp3) is 0.400. The molecule has 0 radical (unpaired) electrons. The van der Waals surface area contributed by atoms with Crippen molar-refractivity contribution in [2.75, 3.05) is 7.11 Å². The van der Waals surface area contributed by atoms with Crippen LogP contribution in [0.1, 0.15) is 0 Å². The number of carbonyl (C=O) groups excluding carboxylic acids is 1. The Morgan fingerprint density at radius 2 is 2.50 bits per heavy atom. The fourth-order valence-electron chi connectivity index (χ4n) is 0.217. The van der Waals surface area contributed by atoms with Gasteiger partial charge in [0.25, 0.3) is 0 Å². The van der Waals surface area contributed by atoms with E-state index in [1.165, 1.54) is 7.11 Å². The van der Waals surface area contributed by atoms with Crippen LogP contribution in [0.15, 0.2) is 12.7 Å². The summed E-state index contributed by atoms with van der Waals surface area (Å²) in [6, 6.07) is 0. The second kappa shape index (κ2) is 3.21. The molecule has 0 aromatic rings. The van der Waals surface area contributed by atoms with Crippen molar-refractivity contribution in [3.05, 3.63) is 12.7 Å². The van der Waals surface area contributed by atoms with Gasteiger partial charge in [0.15, 0.2) is 6.10 Å². The SMILES string of the molecule is C=C[C@H](O)C(=O)OC. The van der Waals surface area contributed by atoms with Gasteiger partial charge in [0.05, 0.1) is 7.11 Å². The van der Waals surface area contributed by atoms with E-state index in [4.69, 9.17) is 5.11 Å². The average molecular weight is 116 g/mol. The van der Waals surface area contributed by atoms with E-state index >= 15 is 0 Å². The fourth-order valence-corrected chi connectivity index (χ4v) is 0.217. The largest absolute Gasteiger partial charge is 0.467 e. The molecule has 1 N–H and O–H groups in total. The number of aliphatic hydroxyl groups excluding tert-OH is 1. The molecule has 0 unspecified atom stereocenters. The molecule has 3 nitrogen and oxygen atoms in total. The van der Waals surface area contributed by atoms with Crippen molar-refractivity contribution in [1.29, 1.82) is 0 Å². The van der Waals surface area contributed by atoms with E-state index in [2.05, 4.69) is 11.3 Å². The molecule has 0 aliphatic heterocycles. The van der Waals surface area contributed by atoms with Crippen LogP contribution in [0.4, 0.5) is 0 Å². The van der Waals surface area contributed by atoms with Gasteiger partial charge in [-0.15, -0.1) is 0 Å². The maximum absolute atomic E-state index is 10.2. The summed E-state index contributed by atoms with van der Waals surface area (Å²) in [6.07, 6.45) is -0.0775. The molecule has 0 aliphatic carbocycles. The summed E-state index contributed by atoms with van der Waals surface area (Å²) in [5, 5.41) is 8.53. The summed E-state index contributed by atoms with van der Waals surface area (Å²) in [6.45, 7) is 3.18. The highest BCUT2D eigenvalue weighted by Crippen LogP contribution is 1.85. The molecule has 0 aromatic carbocycles. The van der Waals surface area contributed by atoms with Crippen LogP contribution < -0.4 is 0 Å². The van der Waals surface area contributed by atoms with Crippen molar-refractivity contribution in [1.82, 2.24) is 0 Å². The van der Waals surface area contributed by atoms with Gasteiger partial charge in [-0.1, -0.05) is 12.7 Å². The molecule has 3 heteroatoms. The number of methoxy groups -OCH3 is 1. The van der Waals surface area contributed by atoms with Crippen LogP contribution in [-0.2, 0) is 9.53 Å². The summed E-state index contributed by atoms with van der Waals surface area (Å²) in [4.78, 5) is 10.2. The lowest BCUT2D eigenvalue weighted by Gasteiger charge is -1.98. The Balaban J connectivity index is 3.62. The highest BCUT2D eigenvalue weighted by molar-refractivity contribution is 5.76. The molecule has 46 valence electrons. The van der Waals surface area contributed by atoms with Gasteiger partial charge in [-0.25, -0.2) is 4.79 Å². The predicted octanol–water partition coefficient (Wildman–Crippen LogP) is -0.294. The predicted molar refractivity (Wildman–Crippen MR) is 28.2 cm³/mol. The van der Waals surface area contributed by atoms with Crippen LogP contribution in [0, 0.1) is 0 Å². The number of esters is 1. The van der Waals surface area contributed by atoms with E-state index < -0.39 is 12.1 Å². The smallest absolute Gasteiger partial charge is 0.338 e. The van der Waals surface area contributed by atoms with Gasteiger partial charge >= 0.3 is 5.97 Å². The lowest BCUT2D eigenvalue weighted by atomic mass is 10.4. The third-order valence-corrected chi connectivity index (χ3v) is 0.666. The highest BCUT2D eigenvalue weighted by Gasteiger charge is 2.08. The minimum atomic E-state index is -1.18. The summed E-state index contributed by atoms with van der Waals surface area (Å²) >= 11 is 0. The molecule has 0 bridgehead atoms. The molecule has 0 saturated carbocycles. The van der Waals surface area contributed by atoms with E-state index in [-0.39, 0.29) is 0 Å². The van der Waals surface area contributed by atoms with Crippen molar-refractivity contribution >= 4 is 5.97 Å². The molecular formula is C5H8O3. The van der Waals surface area contributed by atoms with Crippen LogP contribution in [0.3, 0.4) is 0 Å². The summed E-state index contributed by atoms with van der Waals surface area (Å²) < 4.78 is 4.14. The first kappa shape index (κ1) is 7.17. The summed E-state index contributed by atoms with van der Waals surface area (Å²) in [5.74, 6) is -0.681. The molecule has 0 rings (SSSR count). The molecule has 0 fully saturated rings. The van der Waals surface area contributed by atoms with Gasteiger partial charge in [0, 0.05) is 0 Å². The van der Waals surface area contributed by atoms with Gasteiger partial charge in [-0.2, -0.15) is 0 Å². The number of hydrogen-bond acceptors (Lipinski definition) is 3. The Morgan fingerprint density at radius 1 is 2.00 bits per heavy atom. The van der Waals surface area contributed by atoms with E-state index in [1.54, 1.807) is 0 Å². The van der Waals surface area contributed by atoms with Gasteiger partial charge in [0.1, 0.15) is 0 Å². The van der Waals surface area contributed by atoms with Crippen LogP contribution in [-0.4, -0.2) is 24.3 Å². The summed E-state index contributed by atoms with van der Waals surface area (Å²) in [7, 11) is 1.20. The van der Waals surface area contributed by atoms with Gasteiger partial charge < -0.3 is 9.84 Å². The zero-order valence-corrected chi connectivity index (χ0v) is 4.63. The van der Waals surface area contributed by atoms with Gasteiger partial charge in [0.2, 0.25) is 0 Å². The lowest BCUT2D eigenvalue weighted by molar-refractivity contribution is -0.147. The maximum atomic E-state index is 10.2. The Morgan fingerprint density at radius 3 is 2.62 bits per heavy atom. The number of rotatable bonds is 2. The van der Waals surface area contributed by atoms with Crippen molar-refractivity contribution in [3.8, 4) is 0 Å². The third-order valence-electron chi connectivity index (χ3n) is 0.666. The molecular weight excluding hydrogens is 108 g/mol. The van der Waals surface area contributed by atoms with Crippen molar-refractivity contribution < 1.29 is 14.6 Å². The highest BCUT2D eigenvalue weighted by atomic mass is 16.5. The first-order valence-corrected chi connectivity index (χ1v) is 2.10. The van der Waals surface area contributed by atoms with Gasteiger partial charge in [-0.3, -0.25) is 0 Å². The third kappa shape index (κ3) is 1.75. The van der Waals surface area contributed by atoms with Crippen molar-refractivity contribution in [3.63, 3.8) is 0 Å². The van der Waals surface area contributed by atoms with E-state index in [1.807, 2.05) is 0 Å². The molecule has 0 aromatic heterocycles. The molecule has 0 heterocycles. The molecule has 1 atom stereocenters. The number of aliphatic hydroxyl groups is 1. The van der Waals surface area contributed by atoms with Crippen LogP contribution in [0.25, 0.3) is 0 Å². The molecule has 0 spiro atoms. The maximum Gasteiger partial charge on any atom is 0.338 e. The number of carbonyl (C=O) groups is 1. The van der Waals surface area contributed by atoms with Crippen molar-refractivity contribution in [2.24, 2.45) is 0 Å². The van der Waals surface area contributed by atoms with Crippen molar-refractivity contribution in [2.45, 2.75) is 6.10 Å². The molecule has 8 heavy (non-hydrogen) atoms. The second-order valence-corrected chi connectivity index (χ2v) is 1.20. The standard InChI is InChI=1S/C5H8O3/c1-3-4(6)5(7)8-2/h3-4,6H,1H2,2H3/t4-/m0/s1. The quantitative estimate of drug-likeness (QED) is 0.398. The first-order chi connectivity index (χ1) is 3.72. The first-order valence-electron chi connectivity index (χ1n) is 2.10. The molecule has 0 aliphatic rings. The Kier molecular flexibility index (Phi) is 2.88. The minimum Gasteiger partial charge on any atom is -0.467 e. The Bertz CT molecular complexity index is 97.8. The molecule has 0 amide bonds. The van der Waals surface area contributed by atoms with Gasteiger partial charge in [-0.05, 0) is 0 Å².